The van der Waals surface area contributed by atoms with Crippen LogP contribution >= 0.6 is 34.8 Å². The summed E-state index contributed by atoms with van der Waals surface area (Å²) < 4.78 is 1.79. The van der Waals surface area contributed by atoms with Crippen LogP contribution in [0.1, 0.15) is 30.7 Å². The van der Waals surface area contributed by atoms with Crippen LogP contribution in [0.2, 0.25) is 15.2 Å². The molecule has 1 unspecified atom stereocenters. The molecular formula is C29H25Cl3N4O. The molecule has 0 saturated carbocycles. The van der Waals surface area contributed by atoms with Crippen LogP contribution < -0.4 is 4.90 Å². The van der Waals surface area contributed by atoms with Crippen LogP contribution in [0.4, 0.5) is 11.4 Å². The molecular weight excluding hydrogens is 527 g/mol. The first-order chi connectivity index (χ1) is 17.7. The Kier molecular flexibility index (Phi) is 6.90. The molecule has 188 valence electrons. The Balaban J connectivity index is 1.76. The number of aliphatic hydroxyl groups is 1. The number of fused-ring (bicyclic) bond motifs is 1. The SMILES string of the molecule is CC(C)N(c1ccccc1)c1c(Cl)nc2ccc(C(O)(c3ccc(Cl)cc3)c3cncn3C)cc2c1Cl. The zero-order valence-corrected chi connectivity index (χ0v) is 22.8. The number of hydrogen-bond donors (Lipinski definition) is 1. The molecule has 1 atom stereocenters. The third kappa shape index (κ3) is 4.47. The first-order valence-electron chi connectivity index (χ1n) is 11.8. The zero-order chi connectivity index (χ0) is 26.3. The van der Waals surface area contributed by atoms with Crippen molar-refractivity contribution >= 4 is 57.1 Å². The molecule has 5 aromatic rings. The van der Waals surface area contributed by atoms with E-state index in [0.29, 0.717) is 48.6 Å². The molecule has 8 heteroatoms. The average Bonchev–Trinajstić information content (AvgIpc) is 3.33. The number of benzene rings is 3. The predicted molar refractivity (Wildman–Crippen MR) is 152 cm³/mol. The summed E-state index contributed by atoms with van der Waals surface area (Å²) in [4.78, 5) is 11.0. The molecule has 1 N–H and O–H groups in total. The minimum Gasteiger partial charge on any atom is -0.374 e. The summed E-state index contributed by atoms with van der Waals surface area (Å²) in [6.45, 7) is 4.14. The second-order valence-corrected chi connectivity index (χ2v) is 10.4. The molecule has 0 aliphatic rings. The molecule has 5 rings (SSSR count). The Labute approximate surface area is 230 Å². The number of imidazole rings is 1. The molecule has 0 aliphatic carbocycles. The van der Waals surface area contributed by atoms with Gasteiger partial charge in [-0.15, -0.1) is 0 Å². The van der Waals surface area contributed by atoms with E-state index in [-0.39, 0.29) is 6.04 Å². The maximum Gasteiger partial charge on any atom is 0.156 e. The Morgan fingerprint density at radius 3 is 2.22 bits per heavy atom. The fourth-order valence-electron chi connectivity index (χ4n) is 4.75. The van der Waals surface area contributed by atoms with Crippen molar-refractivity contribution in [3.63, 3.8) is 0 Å². The molecule has 0 radical (unpaired) electrons. The van der Waals surface area contributed by atoms with Crippen LogP contribution in [-0.2, 0) is 12.6 Å². The lowest BCUT2D eigenvalue weighted by Crippen LogP contribution is -2.31. The predicted octanol–water partition coefficient (Wildman–Crippen LogP) is 7.76. The average molecular weight is 552 g/mol. The number of pyridine rings is 1. The first-order valence-corrected chi connectivity index (χ1v) is 12.9. The van der Waals surface area contributed by atoms with Crippen molar-refractivity contribution in [1.82, 2.24) is 14.5 Å². The molecule has 0 bridgehead atoms. The Hall–Kier alpha value is -3.09. The van der Waals surface area contributed by atoms with Gasteiger partial charge in [0.1, 0.15) is 0 Å². The van der Waals surface area contributed by atoms with Gasteiger partial charge in [-0.05, 0) is 61.4 Å². The number of hydrogen-bond acceptors (Lipinski definition) is 4. The van der Waals surface area contributed by atoms with Crippen molar-refractivity contribution in [3.05, 3.63) is 117 Å². The third-order valence-corrected chi connectivity index (χ3v) is 7.41. The van der Waals surface area contributed by atoms with Crippen LogP contribution in [0, 0.1) is 0 Å². The number of nitrogens with zero attached hydrogens (tertiary/aromatic N) is 4. The highest BCUT2D eigenvalue weighted by Crippen LogP contribution is 2.44. The van der Waals surface area contributed by atoms with E-state index in [0.717, 1.165) is 5.69 Å². The minimum atomic E-state index is -1.52. The summed E-state index contributed by atoms with van der Waals surface area (Å²) in [5, 5.41) is 14.4. The van der Waals surface area contributed by atoms with Gasteiger partial charge in [-0.25, -0.2) is 9.97 Å². The number of aryl methyl sites for hydroxylation is 1. The van der Waals surface area contributed by atoms with Crippen molar-refractivity contribution in [3.8, 4) is 0 Å². The lowest BCUT2D eigenvalue weighted by molar-refractivity contribution is 0.117. The monoisotopic (exact) mass is 550 g/mol. The Morgan fingerprint density at radius 1 is 0.919 bits per heavy atom. The van der Waals surface area contributed by atoms with Crippen molar-refractivity contribution < 1.29 is 5.11 Å². The summed E-state index contributed by atoms with van der Waals surface area (Å²) >= 11 is 20.0. The molecule has 0 saturated heterocycles. The lowest BCUT2D eigenvalue weighted by atomic mass is 9.83. The van der Waals surface area contributed by atoms with Crippen molar-refractivity contribution in [2.24, 2.45) is 7.05 Å². The molecule has 0 amide bonds. The normalized spacial score (nSPS) is 13.2. The maximum absolute atomic E-state index is 12.3. The van der Waals surface area contributed by atoms with E-state index in [1.807, 2.05) is 67.7 Å². The van der Waals surface area contributed by atoms with Gasteiger partial charge < -0.3 is 14.6 Å². The van der Waals surface area contributed by atoms with Crippen LogP contribution in [0.25, 0.3) is 10.9 Å². The maximum atomic E-state index is 12.3. The third-order valence-electron chi connectivity index (χ3n) is 6.51. The number of halogens is 3. The molecule has 0 fully saturated rings. The minimum absolute atomic E-state index is 0.0558. The van der Waals surface area contributed by atoms with Gasteiger partial charge in [-0.2, -0.15) is 0 Å². The van der Waals surface area contributed by atoms with Crippen LogP contribution in [0.5, 0.6) is 0 Å². The highest BCUT2D eigenvalue weighted by Gasteiger charge is 2.37. The molecule has 5 nitrogen and oxygen atoms in total. The summed E-state index contributed by atoms with van der Waals surface area (Å²) in [6, 6.07) is 22.6. The number of rotatable bonds is 6. The van der Waals surface area contributed by atoms with Gasteiger partial charge in [0, 0.05) is 29.2 Å². The van der Waals surface area contributed by atoms with E-state index in [2.05, 4.69) is 28.7 Å². The highest BCUT2D eigenvalue weighted by molar-refractivity contribution is 6.42. The topological polar surface area (TPSA) is 54.2 Å². The lowest BCUT2D eigenvalue weighted by Gasteiger charge is -2.32. The van der Waals surface area contributed by atoms with E-state index < -0.39 is 5.60 Å². The van der Waals surface area contributed by atoms with Gasteiger partial charge in [0.05, 0.1) is 34.4 Å². The van der Waals surface area contributed by atoms with Crippen LogP contribution in [0.15, 0.2) is 85.3 Å². The van der Waals surface area contributed by atoms with Gasteiger partial charge >= 0.3 is 0 Å². The summed E-state index contributed by atoms with van der Waals surface area (Å²) in [6.07, 6.45) is 3.31. The highest BCUT2D eigenvalue weighted by atomic mass is 35.5. The van der Waals surface area contributed by atoms with E-state index >= 15 is 0 Å². The van der Waals surface area contributed by atoms with Crippen LogP contribution in [0.3, 0.4) is 0 Å². The standard InChI is InChI=1S/C29H25Cl3N4O/c1-18(2)36(22-7-5-4-6-8-22)27-26(31)23-15-20(11-14-24(23)34-28(27)32)29(37,25-16-33-17-35(25)3)19-9-12-21(30)13-10-19/h4-18,37H,1-3H3. The van der Waals surface area contributed by atoms with Crippen molar-refractivity contribution in [1.29, 1.82) is 0 Å². The molecule has 37 heavy (non-hydrogen) atoms. The molecule has 3 aromatic carbocycles. The smallest absolute Gasteiger partial charge is 0.156 e. The van der Waals surface area contributed by atoms with Crippen molar-refractivity contribution in [2.75, 3.05) is 4.90 Å². The second kappa shape index (κ2) is 9.99. The molecule has 0 spiro atoms. The van der Waals surface area contributed by atoms with Gasteiger partial charge in [0.15, 0.2) is 10.8 Å². The number of aromatic nitrogens is 3. The zero-order valence-electron chi connectivity index (χ0n) is 20.5. The fraction of sp³-hybridized carbons (Fsp3) is 0.172. The van der Waals surface area contributed by atoms with E-state index in [4.69, 9.17) is 34.8 Å². The van der Waals surface area contributed by atoms with Crippen LogP contribution in [-0.4, -0.2) is 25.7 Å². The largest absolute Gasteiger partial charge is 0.374 e. The van der Waals surface area contributed by atoms with E-state index in [1.54, 1.807) is 29.2 Å². The van der Waals surface area contributed by atoms with E-state index in [1.165, 1.54) is 0 Å². The van der Waals surface area contributed by atoms with Gasteiger partial charge in [-0.1, -0.05) is 71.2 Å². The summed E-state index contributed by atoms with van der Waals surface area (Å²) in [5.41, 5.74) is 2.52. The van der Waals surface area contributed by atoms with Gasteiger partial charge in [0.25, 0.3) is 0 Å². The van der Waals surface area contributed by atoms with Gasteiger partial charge in [0.2, 0.25) is 0 Å². The quantitative estimate of drug-likeness (QED) is 0.219. The molecule has 2 heterocycles. The summed E-state index contributed by atoms with van der Waals surface area (Å²) in [7, 11) is 1.84. The van der Waals surface area contributed by atoms with Crippen molar-refractivity contribution in [2.45, 2.75) is 25.5 Å². The number of para-hydroxylation sites is 1. The first kappa shape index (κ1) is 25.6. The second-order valence-electron chi connectivity index (χ2n) is 9.20. The fourth-order valence-corrected chi connectivity index (χ4v) is 5.53. The summed E-state index contributed by atoms with van der Waals surface area (Å²) in [5.74, 6) is 0. The number of anilines is 2. The van der Waals surface area contributed by atoms with E-state index in [9.17, 15) is 5.11 Å². The molecule has 2 aromatic heterocycles. The van der Waals surface area contributed by atoms with Gasteiger partial charge in [-0.3, -0.25) is 0 Å². The molecule has 0 aliphatic heterocycles. The Bertz CT molecular complexity index is 1570. The Morgan fingerprint density at radius 2 is 1.59 bits per heavy atom.